The Bertz CT molecular complexity index is 908. The van der Waals surface area contributed by atoms with Crippen molar-refractivity contribution in [3.05, 3.63) is 48.6 Å². The van der Waals surface area contributed by atoms with E-state index in [9.17, 15) is 15.0 Å². The van der Waals surface area contributed by atoms with E-state index in [1.165, 1.54) is 205 Å². The number of aliphatic hydroxyl groups is 2. The third kappa shape index (κ3) is 45.3. The fourth-order valence-electron chi connectivity index (χ4n) is 7.62. The second-order valence-corrected chi connectivity index (χ2v) is 17.2. The van der Waals surface area contributed by atoms with Crippen LogP contribution >= 0.6 is 0 Å². The third-order valence-corrected chi connectivity index (χ3v) is 11.5. The average Bonchev–Trinajstić information content (AvgIpc) is 3.22. The van der Waals surface area contributed by atoms with Crippen LogP contribution < -0.4 is 5.32 Å². The van der Waals surface area contributed by atoms with Crippen LogP contribution in [0.1, 0.15) is 264 Å². The van der Waals surface area contributed by atoms with Gasteiger partial charge in [-0.15, -0.1) is 0 Å². The molecular weight excluding hydrogens is 699 g/mol. The van der Waals surface area contributed by atoms with Crippen molar-refractivity contribution in [2.24, 2.45) is 0 Å². The number of rotatable bonds is 46. The summed E-state index contributed by atoms with van der Waals surface area (Å²) in [6, 6.07) is -0.648. The van der Waals surface area contributed by atoms with Gasteiger partial charge in [0.25, 0.3) is 0 Å². The first-order valence-corrected chi connectivity index (χ1v) is 25.4. The summed E-state index contributed by atoms with van der Waals surface area (Å²) in [7, 11) is 0. The summed E-state index contributed by atoms with van der Waals surface area (Å²) in [5.41, 5.74) is 0. The Kier molecular flexibility index (Phi) is 47.3. The predicted octanol–water partition coefficient (Wildman–Crippen LogP) is 16.3. The van der Waals surface area contributed by atoms with Crippen molar-refractivity contribution in [2.45, 2.75) is 276 Å². The van der Waals surface area contributed by atoms with E-state index in [0.29, 0.717) is 6.42 Å². The highest BCUT2D eigenvalue weighted by molar-refractivity contribution is 5.76. The maximum atomic E-state index is 12.4. The van der Waals surface area contributed by atoms with Gasteiger partial charge >= 0.3 is 0 Å². The van der Waals surface area contributed by atoms with Crippen LogP contribution in [0, 0.1) is 0 Å². The van der Waals surface area contributed by atoms with Crippen molar-refractivity contribution >= 4 is 5.91 Å². The van der Waals surface area contributed by atoms with Crippen LogP contribution in [0.4, 0.5) is 0 Å². The molecule has 0 aliphatic rings. The molecule has 1 amide bonds. The maximum Gasteiger partial charge on any atom is 0.220 e. The largest absolute Gasteiger partial charge is 0.394 e. The minimum atomic E-state index is -0.873. The smallest absolute Gasteiger partial charge is 0.220 e. The van der Waals surface area contributed by atoms with Gasteiger partial charge in [0, 0.05) is 6.42 Å². The molecule has 0 spiro atoms. The van der Waals surface area contributed by atoms with Gasteiger partial charge in [0.2, 0.25) is 5.91 Å². The first-order chi connectivity index (χ1) is 28.2. The van der Waals surface area contributed by atoms with Crippen molar-refractivity contribution in [3.63, 3.8) is 0 Å². The van der Waals surface area contributed by atoms with Gasteiger partial charge in [0.1, 0.15) is 0 Å². The highest BCUT2D eigenvalue weighted by Gasteiger charge is 2.17. The monoisotopic (exact) mass is 798 g/mol. The highest BCUT2D eigenvalue weighted by Crippen LogP contribution is 2.16. The lowest BCUT2D eigenvalue weighted by molar-refractivity contribution is -0.123. The van der Waals surface area contributed by atoms with Crippen LogP contribution in [0.5, 0.6) is 0 Å². The van der Waals surface area contributed by atoms with Crippen molar-refractivity contribution in [3.8, 4) is 0 Å². The number of nitrogens with one attached hydrogen (secondary N) is 1. The molecule has 2 unspecified atom stereocenters. The molecule has 57 heavy (non-hydrogen) atoms. The Hall–Kier alpha value is -1.65. The van der Waals surface area contributed by atoms with Crippen molar-refractivity contribution in [1.29, 1.82) is 0 Å². The molecule has 0 heterocycles. The molecule has 334 valence electrons. The lowest BCUT2D eigenvalue weighted by atomic mass is 10.0. The number of unbranched alkanes of at least 4 members (excludes halogenated alkanes) is 33. The molecule has 0 aliphatic carbocycles. The first kappa shape index (κ1) is 55.4. The summed E-state index contributed by atoms with van der Waals surface area (Å²) in [4.78, 5) is 12.4. The Morgan fingerprint density at radius 2 is 0.684 bits per heavy atom. The molecular formula is C53H99NO3. The van der Waals surface area contributed by atoms with Gasteiger partial charge in [-0.25, -0.2) is 0 Å². The number of carbonyl (C=O) groups is 1. The third-order valence-electron chi connectivity index (χ3n) is 11.5. The molecule has 4 nitrogen and oxygen atoms in total. The van der Waals surface area contributed by atoms with Crippen LogP contribution in [0.25, 0.3) is 0 Å². The number of allylic oxidation sites excluding steroid dienone is 7. The topological polar surface area (TPSA) is 69.6 Å². The van der Waals surface area contributed by atoms with Crippen LogP contribution in [-0.2, 0) is 4.79 Å². The summed E-state index contributed by atoms with van der Waals surface area (Å²) < 4.78 is 0. The lowest BCUT2D eigenvalue weighted by Crippen LogP contribution is -2.45. The summed E-state index contributed by atoms with van der Waals surface area (Å²) in [6.45, 7) is 4.30. The molecule has 3 N–H and O–H groups in total. The molecule has 2 atom stereocenters. The van der Waals surface area contributed by atoms with Crippen LogP contribution in [0.3, 0.4) is 0 Å². The number of aliphatic hydroxyl groups excluding tert-OH is 2. The number of carbonyl (C=O) groups excluding carboxylic acids is 1. The van der Waals surface area contributed by atoms with Gasteiger partial charge in [0.15, 0.2) is 0 Å². The molecule has 0 aliphatic heterocycles. The lowest BCUT2D eigenvalue weighted by Gasteiger charge is -2.19. The molecule has 0 radical (unpaired) electrons. The number of amides is 1. The summed E-state index contributed by atoms with van der Waals surface area (Å²) in [5.74, 6) is -0.0818. The Balaban J connectivity index is 3.58. The number of hydrogen-bond acceptors (Lipinski definition) is 3. The zero-order chi connectivity index (χ0) is 41.4. The first-order valence-electron chi connectivity index (χ1n) is 25.4. The van der Waals surface area contributed by atoms with Crippen LogP contribution in [0.15, 0.2) is 48.6 Å². The molecule has 0 saturated carbocycles. The zero-order valence-electron chi connectivity index (χ0n) is 38.4. The van der Waals surface area contributed by atoms with Crippen LogP contribution in [-0.4, -0.2) is 34.9 Å². The average molecular weight is 798 g/mol. The van der Waals surface area contributed by atoms with E-state index in [0.717, 1.165) is 38.5 Å². The van der Waals surface area contributed by atoms with E-state index in [1.54, 1.807) is 6.08 Å². The molecule has 0 bridgehead atoms. The van der Waals surface area contributed by atoms with Crippen molar-refractivity contribution < 1.29 is 15.0 Å². The Labute approximate surface area is 356 Å². The SMILES string of the molecule is CCCCCCCC/C=C\CCCCCCCCCC(=O)NC(CO)C(O)/C=C/CC/C=C/CC/C=C/CCCCCCCCCCCCCCCCCCCC. The molecule has 0 aromatic carbocycles. The van der Waals surface area contributed by atoms with E-state index in [1.807, 2.05) is 6.08 Å². The van der Waals surface area contributed by atoms with E-state index in [-0.39, 0.29) is 12.5 Å². The summed E-state index contributed by atoms with van der Waals surface area (Å²) >= 11 is 0. The molecule has 0 rings (SSSR count). The maximum absolute atomic E-state index is 12.4. The van der Waals surface area contributed by atoms with E-state index in [2.05, 4.69) is 55.6 Å². The second-order valence-electron chi connectivity index (χ2n) is 17.2. The van der Waals surface area contributed by atoms with Crippen molar-refractivity contribution in [1.82, 2.24) is 5.32 Å². The van der Waals surface area contributed by atoms with E-state index in [4.69, 9.17) is 0 Å². The van der Waals surface area contributed by atoms with Gasteiger partial charge in [-0.2, -0.15) is 0 Å². The number of hydrogen-bond donors (Lipinski definition) is 3. The molecule has 0 aromatic heterocycles. The normalized spacial score (nSPS) is 13.3. The van der Waals surface area contributed by atoms with Gasteiger partial charge in [-0.3, -0.25) is 4.79 Å². The molecule has 0 fully saturated rings. The van der Waals surface area contributed by atoms with Gasteiger partial charge < -0.3 is 15.5 Å². The quantitative estimate of drug-likeness (QED) is 0.0424. The molecule has 4 heteroatoms. The summed E-state index contributed by atoms with van der Waals surface area (Å²) in [6.07, 6.45) is 66.8. The fraction of sp³-hybridized carbons (Fsp3) is 0.830. The standard InChI is InChI=1S/C53H99NO3/c1-3-5-7-9-11-13-15-17-19-21-22-23-24-25-26-27-28-29-30-31-33-34-36-38-40-42-44-46-48-52(56)51(50-55)54-53(57)49-47-45-43-41-39-37-35-32-20-18-16-14-12-10-8-6-4-2/h18,20,31,33,38,40,46,48,51-52,55-56H,3-17,19,21-30,32,34-37,39,41-45,47,49-50H2,1-2H3,(H,54,57)/b20-18-,33-31+,40-38+,48-46+. The highest BCUT2D eigenvalue weighted by atomic mass is 16.3. The van der Waals surface area contributed by atoms with Gasteiger partial charge in [-0.05, 0) is 70.6 Å². The van der Waals surface area contributed by atoms with Gasteiger partial charge in [0.05, 0.1) is 18.8 Å². The molecule has 0 aromatic rings. The van der Waals surface area contributed by atoms with Crippen LogP contribution in [0.2, 0.25) is 0 Å². The zero-order valence-corrected chi connectivity index (χ0v) is 38.4. The summed E-state index contributed by atoms with van der Waals surface area (Å²) in [5, 5.41) is 23.1. The fourth-order valence-corrected chi connectivity index (χ4v) is 7.62. The minimum absolute atomic E-state index is 0.0818. The Morgan fingerprint density at radius 3 is 1.02 bits per heavy atom. The second kappa shape index (κ2) is 48.7. The molecule has 0 saturated heterocycles. The van der Waals surface area contributed by atoms with Gasteiger partial charge in [-0.1, -0.05) is 236 Å². The van der Waals surface area contributed by atoms with Crippen molar-refractivity contribution in [2.75, 3.05) is 6.61 Å². The predicted molar refractivity (Wildman–Crippen MR) is 253 cm³/mol. The Morgan fingerprint density at radius 1 is 0.404 bits per heavy atom. The van der Waals surface area contributed by atoms with E-state index >= 15 is 0 Å². The minimum Gasteiger partial charge on any atom is -0.394 e. The van der Waals surface area contributed by atoms with E-state index < -0.39 is 12.1 Å².